The van der Waals surface area contributed by atoms with Crippen molar-refractivity contribution in [2.75, 3.05) is 25.0 Å². The largest absolute Gasteiger partial charge is 0.373 e. The lowest BCUT2D eigenvalue weighted by molar-refractivity contribution is 0.227. The lowest BCUT2D eigenvalue weighted by Gasteiger charge is -2.45. The molecule has 0 radical (unpaired) electrons. The third kappa shape index (κ3) is 2.58. The monoisotopic (exact) mass is 387 g/mol. The molecule has 2 aliphatic rings. The van der Waals surface area contributed by atoms with E-state index in [2.05, 4.69) is 10.2 Å². The van der Waals surface area contributed by atoms with Crippen molar-refractivity contribution < 1.29 is 8.42 Å². The summed E-state index contributed by atoms with van der Waals surface area (Å²) < 4.78 is 28.1. The summed E-state index contributed by atoms with van der Waals surface area (Å²) in [6.45, 7) is 1.90. The number of hydrogen-bond donors (Lipinski definition) is 1. The van der Waals surface area contributed by atoms with Crippen LogP contribution in [0.3, 0.4) is 0 Å². The molecule has 0 bridgehead atoms. The number of aromatic nitrogens is 1. The molecule has 2 aliphatic heterocycles. The van der Waals surface area contributed by atoms with Crippen LogP contribution >= 0.6 is 23.7 Å². The fourth-order valence-corrected chi connectivity index (χ4v) is 6.37. The fourth-order valence-electron chi connectivity index (χ4n) is 3.86. The molecule has 4 heterocycles. The van der Waals surface area contributed by atoms with Crippen molar-refractivity contribution in [3.8, 4) is 0 Å². The van der Waals surface area contributed by atoms with Crippen molar-refractivity contribution in [3.63, 3.8) is 0 Å². The summed E-state index contributed by atoms with van der Waals surface area (Å²) in [7, 11) is -1.49. The smallest absolute Gasteiger partial charge is 0.277 e. The van der Waals surface area contributed by atoms with Gasteiger partial charge in [-0.3, -0.25) is 0 Å². The minimum atomic E-state index is -3.52. The summed E-state index contributed by atoms with van der Waals surface area (Å²) >= 11 is 1.27. The number of nitrogens with one attached hydrogen (secondary N) is 1. The SMILES string of the molecule is CN1CCC2(CCCCN2)c2c1ccn2S(=O)(=O)c1cccs1.Cl. The number of fused-ring (bicyclic) bond motifs is 2. The summed E-state index contributed by atoms with van der Waals surface area (Å²) in [6, 6.07) is 5.41. The molecule has 1 atom stereocenters. The normalized spacial score (nSPS) is 23.8. The van der Waals surface area contributed by atoms with E-state index in [1.165, 1.54) is 15.3 Å². The molecule has 8 heteroatoms. The lowest BCUT2D eigenvalue weighted by atomic mass is 9.80. The molecular weight excluding hydrogens is 366 g/mol. The van der Waals surface area contributed by atoms with Gasteiger partial charge in [0, 0.05) is 19.8 Å². The number of hydrogen-bond acceptors (Lipinski definition) is 5. The van der Waals surface area contributed by atoms with Crippen molar-refractivity contribution in [2.24, 2.45) is 0 Å². The predicted molar refractivity (Wildman–Crippen MR) is 100 cm³/mol. The van der Waals surface area contributed by atoms with Gasteiger partial charge in [-0.15, -0.1) is 23.7 Å². The Balaban J connectivity index is 0.00000169. The van der Waals surface area contributed by atoms with Crippen LogP contribution < -0.4 is 10.2 Å². The zero-order valence-corrected chi connectivity index (χ0v) is 16.0. The highest BCUT2D eigenvalue weighted by Crippen LogP contribution is 2.44. The van der Waals surface area contributed by atoms with E-state index in [0.29, 0.717) is 4.21 Å². The van der Waals surface area contributed by atoms with Crippen LogP contribution in [0, 0.1) is 0 Å². The van der Waals surface area contributed by atoms with Crippen LogP contribution in [0.4, 0.5) is 5.69 Å². The van der Waals surface area contributed by atoms with Gasteiger partial charge in [0.15, 0.2) is 0 Å². The van der Waals surface area contributed by atoms with Crippen LogP contribution in [0.5, 0.6) is 0 Å². The van der Waals surface area contributed by atoms with Crippen molar-refractivity contribution in [3.05, 3.63) is 35.5 Å². The van der Waals surface area contributed by atoms with Gasteiger partial charge in [-0.1, -0.05) is 6.07 Å². The van der Waals surface area contributed by atoms with E-state index in [-0.39, 0.29) is 17.9 Å². The van der Waals surface area contributed by atoms with Gasteiger partial charge in [-0.05, 0) is 49.7 Å². The molecule has 0 saturated carbocycles. The van der Waals surface area contributed by atoms with Gasteiger partial charge in [-0.2, -0.15) is 8.42 Å². The molecule has 2 aromatic heterocycles. The number of nitrogens with zero attached hydrogens (tertiary/aromatic N) is 2. The second kappa shape index (κ2) is 6.37. The van der Waals surface area contributed by atoms with Gasteiger partial charge in [-0.25, -0.2) is 3.97 Å². The van der Waals surface area contributed by atoms with Crippen molar-refractivity contribution in [2.45, 2.75) is 35.4 Å². The summed E-state index contributed by atoms with van der Waals surface area (Å²) in [4.78, 5) is 2.16. The van der Waals surface area contributed by atoms with Crippen LogP contribution in [0.1, 0.15) is 31.4 Å². The first-order chi connectivity index (χ1) is 11.0. The van der Waals surface area contributed by atoms with E-state index in [9.17, 15) is 8.42 Å². The predicted octanol–water partition coefficient (Wildman–Crippen LogP) is 3.02. The first-order valence-corrected chi connectivity index (χ1v) is 10.3. The Kier molecular flexibility index (Phi) is 4.72. The van der Waals surface area contributed by atoms with Crippen molar-refractivity contribution in [1.29, 1.82) is 0 Å². The van der Waals surface area contributed by atoms with Gasteiger partial charge < -0.3 is 10.2 Å². The molecule has 132 valence electrons. The fraction of sp³-hybridized carbons (Fsp3) is 0.500. The highest BCUT2D eigenvalue weighted by Gasteiger charge is 2.43. The van der Waals surface area contributed by atoms with Crippen molar-refractivity contribution >= 4 is 39.5 Å². The Morgan fingerprint density at radius 2 is 2.08 bits per heavy atom. The molecule has 1 N–H and O–H groups in total. The van der Waals surface area contributed by atoms with Gasteiger partial charge >= 0.3 is 0 Å². The van der Waals surface area contributed by atoms with Crippen LogP contribution in [0.25, 0.3) is 0 Å². The van der Waals surface area contributed by atoms with Gasteiger partial charge in [0.05, 0.1) is 16.9 Å². The second-order valence-electron chi connectivity index (χ2n) is 6.42. The van der Waals surface area contributed by atoms with E-state index in [4.69, 9.17) is 0 Å². The van der Waals surface area contributed by atoms with E-state index in [0.717, 1.165) is 50.2 Å². The molecule has 0 aliphatic carbocycles. The van der Waals surface area contributed by atoms with Gasteiger partial charge in [0.1, 0.15) is 4.21 Å². The molecule has 1 unspecified atom stereocenters. The summed E-state index contributed by atoms with van der Waals surface area (Å²) in [6.07, 6.45) is 5.96. The Bertz CT molecular complexity index is 809. The molecule has 24 heavy (non-hydrogen) atoms. The molecule has 1 fully saturated rings. The highest BCUT2D eigenvalue weighted by atomic mass is 35.5. The zero-order chi connectivity index (χ0) is 16.1. The van der Waals surface area contributed by atoms with Gasteiger partial charge in [0.2, 0.25) is 0 Å². The number of halogens is 1. The maximum atomic E-state index is 13.1. The van der Waals surface area contributed by atoms with Crippen LogP contribution in [0.15, 0.2) is 34.0 Å². The summed E-state index contributed by atoms with van der Waals surface area (Å²) in [5.41, 5.74) is 1.73. The molecular formula is C16H22ClN3O2S2. The Labute approximate surface area is 153 Å². The summed E-state index contributed by atoms with van der Waals surface area (Å²) in [5.74, 6) is 0. The molecule has 1 saturated heterocycles. The molecule has 0 amide bonds. The Hall–Kier alpha value is -1.02. The lowest BCUT2D eigenvalue weighted by Crippen LogP contribution is -2.52. The number of anilines is 1. The minimum Gasteiger partial charge on any atom is -0.373 e. The molecule has 5 nitrogen and oxygen atoms in total. The zero-order valence-electron chi connectivity index (χ0n) is 13.6. The van der Waals surface area contributed by atoms with E-state index >= 15 is 0 Å². The Morgan fingerprint density at radius 3 is 2.75 bits per heavy atom. The average molecular weight is 388 g/mol. The first-order valence-electron chi connectivity index (χ1n) is 8.02. The number of piperidine rings is 1. The average Bonchev–Trinajstić information content (AvgIpc) is 3.22. The molecule has 1 spiro atoms. The van der Waals surface area contributed by atoms with Crippen LogP contribution in [-0.2, 0) is 15.6 Å². The molecule has 4 rings (SSSR count). The van der Waals surface area contributed by atoms with E-state index < -0.39 is 10.0 Å². The second-order valence-corrected chi connectivity index (χ2v) is 9.41. The van der Waals surface area contributed by atoms with Crippen LogP contribution in [-0.4, -0.2) is 32.5 Å². The minimum absolute atomic E-state index is 0. The quantitative estimate of drug-likeness (QED) is 0.860. The van der Waals surface area contributed by atoms with Gasteiger partial charge in [0.25, 0.3) is 10.0 Å². The maximum Gasteiger partial charge on any atom is 0.277 e. The highest BCUT2D eigenvalue weighted by molar-refractivity contribution is 7.92. The van der Waals surface area contributed by atoms with E-state index in [1.807, 2.05) is 18.5 Å². The third-order valence-electron chi connectivity index (χ3n) is 5.07. The molecule has 0 aromatic carbocycles. The first kappa shape index (κ1) is 17.8. The van der Waals surface area contributed by atoms with E-state index in [1.54, 1.807) is 18.3 Å². The summed E-state index contributed by atoms with van der Waals surface area (Å²) in [5, 5.41) is 5.46. The number of thiophene rings is 1. The van der Waals surface area contributed by atoms with Crippen molar-refractivity contribution in [1.82, 2.24) is 9.29 Å². The van der Waals surface area contributed by atoms with Crippen LogP contribution in [0.2, 0.25) is 0 Å². The maximum absolute atomic E-state index is 13.1. The Morgan fingerprint density at radius 1 is 1.25 bits per heavy atom. The third-order valence-corrected chi connectivity index (χ3v) is 8.12. The number of rotatable bonds is 2. The topological polar surface area (TPSA) is 54.3 Å². The molecule has 2 aromatic rings. The standard InChI is InChI=1S/C16H21N3O2S2.ClH/c1-18-11-8-16(7-2-3-9-17-16)15-13(18)6-10-19(15)23(20,21)14-5-4-12-22-14;/h4-6,10,12,17H,2-3,7-9,11H2,1H3;1H.